The third-order valence-electron chi connectivity index (χ3n) is 4.72. The van der Waals surface area contributed by atoms with Gasteiger partial charge in [0, 0.05) is 36.4 Å². The largest absolute Gasteiger partial charge is 0.467 e. The van der Waals surface area contributed by atoms with Crippen molar-refractivity contribution in [2.45, 2.75) is 18.5 Å². The molecule has 3 aromatic rings. The molecule has 1 fully saturated rings. The van der Waals surface area contributed by atoms with Crippen molar-refractivity contribution in [3.63, 3.8) is 0 Å². The Morgan fingerprint density at radius 3 is 2.89 bits per heavy atom. The van der Waals surface area contributed by atoms with Crippen LogP contribution >= 0.6 is 23.2 Å². The lowest BCUT2D eigenvalue weighted by Crippen LogP contribution is -2.37. The van der Waals surface area contributed by atoms with Crippen LogP contribution in [0.15, 0.2) is 36.9 Å². The van der Waals surface area contributed by atoms with E-state index in [4.69, 9.17) is 38.7 Å². The maximum atomic E-state index is 12.2. The zero-order valence-electron chi connectivity index (χ0n) is 14.5. The highest BCUT2D eigenvalue weighted by molar-refractivity contribution is 6.45. The highest BCUT2D eigenvalue weighted by atomic mass is 35.5. The van der Waals surface area contributed by atoms with Crippen molar-refractivity contribution in [2.75, 3.05) is 18.6 Å². The Balaban J connectivity index is 1.93. The van der Waals surface area contributed by atoms with Crippen molar-refractivity contribution in [3.05, 3.63) is 47.0 Å². The summed E-state index contributed by atoms with van der Waals surface area (Å²) in [6.07, 6.45) is 5.70. The first kappa shape index (κ1) is 18.0. The van der Waals surface area contributed by atoms with E-state index in [9.17, 15) is 4.79 Å². The Morgan fingerprint density at radius 2 is 2.19 bits per heavy atom. The van der Waals surface area contributed by atoms with Crippen LogP contribution in [0.5, 0.6) is 0 Å². The van der Waals surface area contributed by atoms with Crippen LogP contribution in [0.4, 0.5) is 5.82 Å². The van der Waals surface area contributed by atoms with E-state index in [1.54, 1.807) is 18.6 Å². The van der Waals surface area contributed by atoms with Crippen LogP contribution in [0.1, 0.15) is 6.42 Å². The molecular formula is C18H17Cl2N5O2. The molecule has 0 aliphatic carbocycles. The van der Waals surface area contributed by atoms with Gasteiger partial charge >= 0.3 is 5.97 Å². The molecule has 4 rings (SSSR count). The van der Waals surface area contributed by atoms with Crippen LogP contribution in [-0.2, 0) is 9.53 Å². The molecule has 0 bridgehead atoms. The second kappa shape index (κ2) is 6.99. The Kier molecular flexibility index (Phi) is 4.67. The van der Waals surface area contributed by atoms with E-state index in [2.05, 4.69) is 4.98 Å². The number of anilines is 1. The number of aromatic nitrogens is 3. The van der Waals surface area contributed by atoms with Gasteiger partial charge in [0.2, 0.25) is 0 Å². The fourth-order valence-electron chi connectivity index (χ4n) is 3.45. The van der Waals surface area contributed by atoms with Gasteiger partial charge in [-0.1, -0.05) is 23.2 Å². The molecule has 2 N–H and O–H groups in total. The topological polar surface area (TPSA) is 86.3 Å². The number of carbonyl (C=O) groups excluding carboxylic acids is 1. The minimum Gasteiger partial charge on any atom is -0.467 e. The summed E-state index contributed by atoms with van der Waals surface area (Å²) in [6, 6.07) is 4.84. The van der Waals surface area contributed by atoms with Crippen molar-refractivity contribution in [1.82, 2.24) is 14.5 Å². The van der Waals surface area contributed by atoms with Gasteiger partial charge in [-0.15, -0.1) is 0 Å². The number of ether oxygens (including phenoxy) is 1. The van der Waals surface area contributed by atoms with Gasteiger partial charge in [-0.2, -0.15) is 0 Å². The van der Waals surface area contributed by atoms with Crippen LogP contribution in [0, 0.1) is 0 Å². The summed E-state index contributed by atoms with van der Waals surface area (Å²) in [7, 11) is 1.37. The van der Waals surface area contributed by atoms with Crippen molar-refractivity contribution < 1.29 is 9.53 Å². The minimum atomic E-state index is -0.497. The number of carbonyl (C=O) groups is 1. The summed E-state index contributed by atoms with van der Waals surface area (Å²) in [5.41, 5.74) is 7.48. The maximum Gasteiger partial charge on any atom is 0.328 e. The summed E-state index contributed by atoms with van der Waals surface area (Å²) in [5.74, 6) is 0.241. The quantitative estimate of drug-likeness (QED) is 0.674. The molecular weight excluding hydrogens is 389 g/mol. The lowest BCUT2D eigenvalue weighted by Gasteiger charge is -2.25. The van der Waals surface area contributed by atoms with E-state index in [0.29, 0.717) is 34.3 Å². The predicted octanol–water partition coefficient (Wildman–Crippen LogP) is 2.81. The number of benzene rings is 1. The molecule has 1 saturated heterocycles. The van der Waals surface area contributed by atoms with Gasteiger partial charge in [0.25, 0.3) is 0 Å². The van der Waals surface area contributed by atoms with Crippen LogP contribution < -0.4 is 10.6 Å². The van der Waals surface area contributed by atoms with Gasteiger partial charge in [0.1, 0.15) is 11.9 Å². The molecule has 27 heavy (non-hydrogen) atoms. The van der Waals surface area contributed by atoms with Crippen molar-refractivity contribution in [1.29, 1.82) is 0 Å². The predicted molar refractivity (Wildman–Crippen MR) is 105 cm³/mol. The molecule has 3 heterocycles. The van der Waals surface area contributed by atoms with Gasteiger partial charge in [-0.3, -0.25) is 0 Å². The third kappa shape index (κ3) is 3.12. The van der Waals surface area contributed by atoms with E-state index < -0.39 is 6.04 Å². The lowest BCUT2D eigenvalue weighted by molar-refractivity contribution is -0.142. The Hall–Kier alpha value is -2.35. The molecule has 140 valence electrons. The molecule has 2 atom stereocenters. The van der Waals surface area contributed by atoms with Crippen LogP contribution in [0.3, 0.4) is 0 Å². The molecule has 1 aliphatic heterocycles. The molecule has 0 saturated carbocycles. The monoisotopic (exact) mass is 405 g/mol. The van der Waals surface area contributed by atoms with Crippen molar-refractivity contribution in [3.8, 4) is 5.69 Å². The SMILES string of the molecule is COC(=O)[C@@H]1C[C@@H](N)CN1c1cc(-n2ccnc2)c2ccc(Cl)c(Cl)c2n1. The third-order valence-corrected chi connectivity index (χ3v) is 5.52. The standard InChI is InChI=1S/C18H17Cl2N5O2/c1-27-18(26)14-6-10(21)8-25(14)15-7-13(24-5-4-22-9-24)11-2-3-12(19)16(20)17(11)23-15/h2-5,7,9-10,14H,6,8,21H2,1H3/t10-,14+/m1/s1. The van der Waals surface area contributed by atoms with E-state index in [0.717, 1.165) is 11.1 Å². The summed E-state index contributed by atoms with van der Waals surface area (Å²) < 4.78 is 6.80. The van der Waals surface area contributed by atoms with Gasteiger partial charge in [-0.25, -0.2) is 14.8 Å². The molecule has 0 unspecified atom stereocenters. The molecule has 2 aromatic heterocycles. The number of fused-ring (bicyclic) bond motifs is 1. The number of esters is 1. The molecule has 0 amide bonds. The minimum absolute atomic E-state index is 0.155. The number of imidazole rings is 1. The summed E-state index contributed by atoms with van der Waals surface area (Å²) >= 11 is 12.6. The number of hydrogen-bond donors (Lipinski definition) is 1. The fraction of sp³-hybridized carbons (Fsp3) is 0.278. The van der Waals surface area contributed by atoms with Gasteiger partial charge in [-0.05, 0) is 18.6 Å². The molecule has 1 aromatic carbocycles. The average Bonchev–Trinajstić information content (AvgIpc) is 3.33. The molecule has 0 spiro atoms. The smallest absolute Gasteiger partial charge is 0.328 e. The average molecular weight is 406 g/mol. The van der Waals surface area contributed by atoms with Gasteiger partial charge in [0.05, 0.1) is 34.7 Å². The summed E-state index contributed by atoms with van der Waals surface area (Å²) in [5, 5.41) is 1.59. The first-order valence-electron chi connectivity index (χ1n) is 8.36. The number of rotatable bonds is 3. The maximum absolute atomic E-state index is 12.2. The number of methoxy groups -OCH3 is 1. The Labute approximate surface area is 165 Å². The number of hydrogen-bond acceptors (Lipinski definition) is 6. The van der Waals surface area contributed by atoms with E-state index in [-0.39, 0.29) is 12.0 Å². The number of halogens is 2. The highest BCUT2D eigenvalue weighted by Gasteiger charge is 2.37. The summed E-state index contributed by atoms with van der Waals surface area (Å²) in [4.78, 5) is 22.9. The first-order valence-corrected chi connectivity index (χ1v) is 9.12. The number of nitrogens with zero attached hydrogens (tertiary/aromatic N) is 4. The second-order valence-electron chi connectivity index (χ2n) is 6.41. The van der Waals surface area contributed by atoms with E-state index >= 15 is 0 Å². The second-order valence-corrected chi connectivity index (χ2v) is 7.20. The van der Waals surface area contributed by atoms with Crippen LogP contribution in [-0.4, -0.2) is 46.2 Å². The van der Waals surface area contributed by atoms with Crippen molar-refractivity contribution in [2.24, 2.45) is 5.73 Å². The van der Waals surface area contributed by atoms with E-state index in [1.807, 2.05) is 27.8 Å². The molecule has 7 nitrogen and oxygen atoms in total. The lowest BCUT2D eigenvalue weighted by atomic mass is 10.1. The van der Waals surface area contributed by atoms with Gasteiger partial charge in [0.15, 0.2) is 0 Å². The zero-order valence-corrected chi connectivity index (χ0v) is 16.0. The normalized spacial score (nSPS) is 19.6. The first-order chi connectivity index (χ1) is 13.0. The number of pyridine rings is 1. The van der Waals surface area contributed by atoms with Gasteiger partial charge < -0.3 is 19.9 Å². The van der Waals surface area contributed by atoms with Crippen LogP contribution in [0.25, 0.3) is 16.6 Å². The van der Waals surface area contributed by atoms with Crippen molar-refractivity contribution >= 4 is 45.9 Å². The fourth-order valence-corrected chi connectivity index (χ4v) is 3.81. The Bertz CT molecular complexity index is 1010. The molecule has 0 radical (unpaired) electrons. The Morgan fingerprint density at radius 1 is 1.37 bits per heavy atom. The molecule has 9 heteroatoms. The van der Waals surface area contributed by atoms with E-state index in [1.165, 1.54) is 7.11 Å². The zero-order chi connectivity index (χ0) is 19.1. The number of nitrogens with two attached hydrogens (primary N) is 1. The van der Waals surface area contributed by atoms with Crippen LogP contribution in [0.2, 0.25) is 10.0 Å². The highest BCUT2D eigenvalue weighted by Crippen LogP contribution is 2.36. The molecule has 1 aliphatic rings. The summed E-state index contributed by atoms with van der Waals surface area (Å²) in [6.45, 7) is 0.486.